The van der Waals surface area contributed by atoms with Crippen LogP contribution in [-0.2, 0) is 32.7 Å². The van der Waals surface area contributed by atoms with E-state index in [0.717, 1.165) is 38.5 Å². The molecule has 0 rings (SSSR count). The number of ether oxygens (including phenoxy) is 2. The third-order valence-corrected chi connectivity index (χ3v) is 21.3. The van der Waals surface area contributed by atoms with Gasteiger partial charge in [0.2, 0.25) is 0 Å². The topological polar surface area (TPSA) is 108 Å². The van der Waals surface area contributed by atoms with Crippen LogP contribution >= 0.6 is 7.82 Å². The molecule has 0 saturated carbocycles. The summed E-state index contributed by atoms with van der Waals surface area (Å²) in [7, 11) is 1.51. The first-order chi connectivity index (χ1) is 47.0. The summed E-state index contributed by atoms with van der Waals surface area (Å²) in [4.78, 5) is 36.0. The van der Waals surface area contributed by atoms with Crippen molar-refractivity contribution in [2.45, 2.75) is 482 Å². The first-order valence-electron chi connectivity index (χ1n) is 43.4. The predicted octanol–water partition coefficient (Wildman–Crippen LogP) is 29.0. The van der Waals surface area contributed by atoms with Crippen molar-refractivity contribution >= 4 is 19.8 Å². The molecule has 0 spiro atoms. The van der Waals surface area contributed by atoms with Crippen LogP contribution in [0.15, 0.2) is 12.2 Å². The van der Waals surface area contributed by atoms with E-state index in [9.17, 15) is 19.0 Å². The summed E-state index contributed by atoms with van der Waals surface area (Å²) in [6.45, 7) is 4.54. The number of nitrogens with zero attached hydrogens (tertiary/aromatic N) is 1. The maximum absolute atomic E-state index is 12.9. The molecule has 0 heterocycles. The summed E-state index contributed by atoms with van der Waals surface area (Å²) in [5, 5.41) is 0. The highest BCUT2D eigenvalue weighted by molar-refractivity contribution is 7.47. The summed E-state index contributed by atoms with van der Waals surface area (Å²) in [5.74, 6) is -0.765. The largest absolute Gasteiger partial charge is 0.472 e. The first-order valence-corrected chi connectivity index (χ1v) is 44.9. The average Bonchev–Trinajstić information content (AvgIpc) is 2.74. The fraction of sp³-hybridized carbons (Fsp3) is 0.953. The van der Waals surface area contributed by atoms with E-state index >= 15 is 0 Å². The SMILES string of the molecule is CCCCCCCCCC/C=C\CCCCCCCCCCCCCCCCCCCCCCCCCC(=O)OC(COC(=O)CCCCCCCCCCCCCCCCCCCCCCCCCCCCCCCCCCCCCCC)COP(=O)(O)OCC[N+](C)(C)C. The lowest BCUT2D eigenvalue weighted by Gasteiger charge is -2.24. The van der Waals surface area contributed by atoms with Crippen LogP contribution in [0, 0.1) is 0 Å². The van der Waals surface area contributed by atoms with Crippen molar-refractivity contribution in [2.24, 2.45) is 0 Å². The van der Waals surface area contributed by atoms with Crippen LogP contribution in [0.25, 0.3) is 0 Å². The molecule has 0 radical (unpaired) electrons. The molecule has 0 aliphatic rings. The van der Waals surface area contributed by atoms with Crippen molar-refractivity contribution in [1.29, 1.82) is 0 Å². The number of carbonyl (C=O) groups is 2. The molecule has 9 nitrogen and oxygen atoms in total. The van der Waals surface area contributed by atoms with E-state index < -0.39 is 26.5 Å². The van der Waals surface area contributed by atoms with Gasteiger partial charge in [-0.1, -0.05) is 437 Å². The van der Waals surface area contributed by atoms with E-state index in [1.807, 2.05) is 21.1 Å². The Morgan fingerprint density at radius 1 is 0.312 bits per heavy atom. The summed E-state index contributed by atoms with van der Waals surface area (Å²) in [5.41, 5.74) is 0. The summed E-state index contributed by atoms with van der Waals surface area (Å²) < 4.78 is 34.9. The van der Waals surface area contributed by atoms with Crippen LogP contribution in [0.1, 0.15) is 476 Å². The predicted molar refractivity (Wildman–Crippen MR) is 418 cm³/mol. The molecular weight excluding hydrogens is 1210 g/mol. The molecule has 0 aliphatic heterocycles. The van der Waals surface area contributed by atoms with Gasteiger partial charge in [0.1, 0.15) is 19.8 Å². The second-order valence-electron chi connectivity index (χ2n) is 31.3. The molecule has 1 N–H and O–H groups in total. The number of esters is 2. The molecule has 0 aromatic carbocycles. The van der Waals surface area contributed by atoms with Crippen molar-refractivity contribution in [3.63, 3.8) is 0 Å². The molecule has 0 saturated heterocycles. The summed E-state index contributed by atoms with van der Waals surface area (Å²) >= 11 is 0. The van der Waals surface area contributed by atoms with E-state index in [-0.39, 0.29) is 25.6 Å². The van der Waals surface area contributed by atoms with Crippen LogP contribution in [0.3, 0.4) is 0 Å². The molecule has 0 aromatic heterocycles. The smallest absolute Gasteiger partial charge is 0.462 e. The van der Waals surface area contributed by atoms with Gasteiger partial charge >= 0.3 is 19.8 Å². The minimum atomic E-state index is -4.39. The molecule has 96 heavy (non-hydrogen) atoms. The highest BCUT2D eigenvalue weighted by Gasteiger charge is 2.27. The van der Waals surface area contributed by atoms with Gasteiger partial charge in [0.15, 0.2) is 6.10 Å². The van der Waals surface area contributed by atoms with Gasteiger partial charge in [-0.15, -0.1) is 0 Å². The standard InChI is InChI=1S/C86H170NO8P/c1-6-8-10-12-14-16-18-20-22-24-26-28-30-32-34-36-38-40-42-43-45-46-48-50-52-54-56-58-60-62-64-66-68-70-72-74-76-78-85(88)92-82-84(83-94-96(90,91)93-81-80-87(3,4)5)95-86(89)79-77-75-73-71-69-67-65-63-61-59-57-55-53-51-49-47-44-41-39-37-35-33-31-29-27-25-23-21-19-17-15-13-11-9-7-2/h25,27,84H,6-24,26,28-83H2,1-5H3/p+1/b27-25-. The number of hydrogen-bond donors (Lipinski definition) is 1. The van der Waals surface area contributed by atoms with Crippen LogP contribution in [0.4, 0.5) is 0 Å². The first kappa shape index (κ1) is 94.8. The maximum Gasteiger partial charge on any atom is 0.472 e. The molecule has 572 valence electrons. The monoisotopic (exact) mass is 1380 g/mol. The van der Waals surface area contributed by atoms with Crippen LogP contribution in [-0.4, -0.2) is 74.9 Å². The average molecular weight is 1380 g/mol. The summed E-state index contributed by atoms with van der Waals surface area (Å²) in [6.07, 6.45) is 99.8. The molecule has 0 fully saturated rings. The van der Waals surface area contributed by atoms with E-state index in [4.69, 9.17) is 18.5 Å². The number of hydrogen-bond acceptors (Lipinski definition) is 7. The zero-order chi connectivity index (χ0) is 69.7. The fourth-order valence-corrected chi connectivity index (χ4v) is 14.4. The van der Waals surface area contributed by atoms with Crippen molar-refractivity contribution in [3.05, 3.63) is 12.2 Å². The molecule has 0 bridgehead atoms. The quantitative estimate of drug-likeness (QED) is 0.0211. The number of phosphoric ester groups is 1. The van der Waals surface area contributed by atoms with Gasteiger partial charge in [0.25, 0.3) is 0 Å². The molecule has 0 aliphatic carbocycles. The van der Waals surface area contributed by atoms with Gasteiger partial charge < -0.3 is 18.9 Å². The zero-order valence-electron chi connectivity index (χ0n) is 65.7. The van der Waals surface area contributed by atoms with Crippen molar-refractivity contribution in [3.8, 4) is 0 Å². The Bertz CT molecular complexity index is 1620. The molecule has 0 aromatic rings. The van der Waals surface area contributed by atoms with Crippen molar-refractivity contribution in [1.82, 2.24) is 0 Å². The van der Waals surface area contributed by atoms with Crippen LogP contribution in [0.5, 0.6) is 0 Å². The van der Waals surface area contributed by atoms with Crippen LogP contribution < -0.4 is 0 Å². The molecule has 2 atom stereocenters. The molecule has 0 amide bonds. The van der Waals surface area contributed by atoms with E-state index in [1.165, 1.54) is 411 Å². The number of phosphoric acid groups is 1. The lowest BCUT2D eigenvalue weighted by atomic mass is 10.0. The van der Waals surface area contributed by atoms with Gasteiger partial charge in [-0.05, 0) is 38.5 Å². The Hall–Kier alpha value is -1.25. The third kappa shape index (κ3) is 81.7. The Labute approximate surface area is 600 Å². The fourth-order valence-electron chi connectivity index (χ4n) is 13.7. The number of allylic oxidation sites excluding steroid dienone is 2. The number of likely N-dealkylation sites (N-methyl/N-ethyl adjacent to an activating group) is 1. The molecule has 2 unspecified atom stereocenters. The van der Waals surface area contributed by atoms with Crippen LogP contribution in [0.2, 0.25) is 0 Å². The minimum absolute atomic E-state index is 0.0371. The third-order valence-electron chi connectivity index (χ3n) is 20.3. The zero-order valence-corrected chi connectivity index (χ0v) is 66.6. The second kappa shape index (κ2) is 77.9. The maximum atomic E-state index is 12.9. The number of rotatable bonds is 83. The van der Waals surface area contributed by atoms with E-state index in [1.54, 1.807) is 0 Å². The lowest BCUT2D eigenvalue weighted by Crippen LogP contribution is -2.37. The highest BCUT2D eigenvalue weighted by atomic mass is 31.2. The Morgan fingerprint density at radius 3 is 0.771 bits per heavy atom. The number of unbranched alkanes of at least 4 members (excludes halogenated alkanes) is 67. The van der Waals surface area contributed by atoms with Gasteiger partial charge in [-0.25, -0.2) is 4.57 Å². The van der Waals surface area contributed by atoms with Gasteiger partial charge in [-0.2, -0.15) is 0 Å². The normalized spacial score (nSPS) is 12.9. The van der Waals surface area contributed by atoms with Crippen molar-refractivity contribution < 1.29 is 42.1 Å². The van der Waals surface area contributed by atoms with Gasteiger partial charge in [0, 0.05) is 12.8 Å². The molecule has 10 heteroatoms. The Kier molecular flexibility index (Phi) is 76.9. The van der Waals surface area contributed by atoms with E-state index in [0.29, 0.717) is 17.4 Å². The van der Waals surface area contributed by atoms with Gasteiger partial charge in [-0.3, -0.25) is 18.6 Å². The van der Waals surface area contributed by atoms with Crippen molar-refractivity contribution in [2.75, 3.05) is 47.5 Å². The van der Waals surface area contributed by atoms with Gasteiger partial charge in [0.05, 0.1) is 27.7 Å². The number of carbonyl (C=O) groups excluding carboxylic acids is 2. The van der Waals surface area contributed by atoms with E-state index in [2.05, 4.69) is 26.0 Å². The second-order valence-corrected chi connectivity index (χ2v) is 32.7. The summed E-state index contributed by atoms with van der Waals surface area (Å²) in [6, 6.07) is 0. The Balaban J connectivity index is 3.84. The number of quaternary nitrogens is 1. The lowest BCUT2D eigenvalue weighted by molar-refractivity contribution is -0.870. The Morgan fingerprint density at radius 2 is 0.531 bits per heavy atom. The molecular formula is C86H171NO8P+. The minimum Gasteiger partial charge on any atom is -0.462 e. The highest BCUT2D eigenvalue weighted by Crippen LogP contribution is 2.43.